The van der Waals surface area contributed by atoms with Crippen LogP contribution in [0.25, 0.3) is 0 Å². The van der Waals surface area contributed by atoms with Crippen LogP contribution < -0.4 is 0 Å². The molecule has 0 radical (unpaired) electrons. The number of sulfone groups is 1. The van der Waals surface area contributed by atoms with Gasteiger partial charge in [0.1, 0.15) is 10.4 Å². The number of hydrogen-bond donors (Lipinski definition) is 0. The van der Waals surface area contributed by atoms with Gasteiger partial charge in [0.15, 0.2) is 15.6 Å². The van der Waals surface area contributed by atoms with Crippen LogP contribution >= 0.6 is 0 Å². The molecule has 0 saturated heterocycles. The lowest BCUT2D eigenvalue weighted by molar-refractivity contribution is -0.141. The number of alkyl halides is 3. The monoisotopic (exact) mass is 351 g/mol. The molecule has 0 unspecified atom stereocenters. The molecule has 0 saturated carbocycles. The van der Waals surface area contributed by atoms with Crippen molar-refractivity contribution in [3.63, 3.8) is 0 Å². The summed E-state index contributed by atoms with van der Waals surface area (Å²) in [6.45, 7) is 6.95. The minimum Gasteiger partial charge on any atom is -0.298 e. The van der Waals surface area contributed by atoms with E-state index in [0.717, 1.165) is 12.1 Å². The molecule has 0 bridgehead atoms. The van der Waals surface area contributed by atoms with Crippen molar-refractivity contribution >= 4 is 15.6 Å². The van der Waals surface area contributed by atoms with Crippen LogP contribution in [0.5, 0.6) is 0 Å². The molecule has 0 aliphatic rings. The fraction of sp³-hybridized carbons (Fsp3) is 0.600. The summed E-state index contributed by atoms with van der Waals surface area (Å²) in [5, 5.41) is 0. The Bertz CT molecular complexity index is 701. The van der Waals surface area contributed by atoms with Crippen molar-refractivity contribution in [2.45, 2.75) is 56.7 Å². The third-order valence-corrected chi connectivity index (χ3v) is 6.77. The van der Waals surface area contributed by atoms with Crippen molar-refractivity contribution in [2.75, 3.05) is 0 Å². The van der Waals surface area contributed by atoms with Gasteiger partial charge in [-0.3, -0.25) is 4.79 Å². The lowest BCUT2D eigenvalue weighted by Crippen LogP contribution is -2.49. The van der Waals surface area contributed by atoms with Gasteiger partial charge in [0.25, 0.3) is 0 Å². The van der Waals surface area contributed by atoms with Gasteiger partial charge >= 0.3 is 6.18 Å². The molecule has 1 rings (SSSR count). The number of halogens is 3. The zero-order valence-electron chi connectivity index (χ0n) is 13.7. The molecule has 0 N–H and O–H groups in total. The molecule has 0 fully saturated rings. The van der Waals surface area contributed by atoms with E-state index in [-0.39, 0.29) is 5.69 Å². The first kappa shape index (κ1) is 19.6. The maximum absolute atomic E-state index is 12.6. The lowest BCUT2D eigenvalue weighted by Gasteiger charge is -2.31. The van der Waals surface area contributed by atoms with Gasteiger partial charge in [0, 0.05) is 5.69 Å². The first-order valence-corrected chi connectivity index (χ1v) is 8.39. The first-order chi connectivity index (χ1) is 10.1. The zero-order valence-corrected chi connectivity index (χ0v) is 14.5. The van der Waals surface area contributed by atoms with Crippen molar-refractivity contribution < 1.29 is 26.4 Å². The average molecular weight is 351 g/mol. The van der Waals surface area contributed by atoms with Crippen LogP contribution in [-0.4, -0.2) is 28.7 Å². The predicted octanol–water partition coefficient (Wildman–Crippen LogP) is 3.20. The van der Waals surface area contributed by atoms with Crippen LogP contribution in [-0.2, 0) is 27.2 Å². The molecule has 130 valence electrons. The number of carbonyl (C=O) groups excluding carboxylic acids is 1. The third kappa shape index (κ3) is 3.91. The zero-order chi connectivity index (χ0) is 18.3. The smallest absolute Gasteiger partial charge is 0.298 e. The van der Waals surface area contributed by atoms with E-state index in [9.17, 15) is 26.4 Å². The topological polar surface area (TPSA) is 64.1 Å². The highest BCUT2D eigenvalue weighted by Gasteiger charge is 2.47. The van der Waals surface area contributed by atoms with Gasteiger partial charge in [-0.05, 0) is 46.8 Å². The van der Waals surface area contributed by atoms with Crippen molar-refractivity contribution in [3.8, 4) is 0 Å². The second-order valence-electron chi connectivity index (χ2n) is 6.74. The maximum Gasteiger partial charge on any atom is 0.433 e. The molecule has 0 aromatic carbocycles. The second kappa shape index (κ2) is 5.89. The van der Waals surface area contributed by atoms with Crippen LogP contribution in [0, 0.1) is 0 Å². The van der Waals surface area contributed by atoms with Crippen molar-refractivity contribution in [1.82, 2.24) is 4.98 Å². The summed E-state index contributed by atoms with van der Waals surface area (Å²) in [7, 11) is -3.83. The number of carbonyl (C=O) groups is 1. The fourth-order valence-electron chi connectivity index (χ4n) is 2.03. The summed E-state index contributed by atoms with van der Waals surface area (Å²) < 4.78 is 60.1. The summed E-state index contributed by atoms with van der Waals surface area (Å²) >= 11 is 0. The summed E-state index contributed by atoms with van der Waals surface area (Å²) in [4.78, 5) is 15.8. The van der Waals surface area contributed by atoms with E-state index in [1.165, 1.54) is 40.7 Å². The molecule has 8 heteroatoms. The van der Waals surface area contributed by atoms with Gasteiger partial charge in [0.2, 0.25) is 0 Å². The summed E-state index contributed by atoms with van der Waals surface area (Å²) in [6.07, 6.45) is -5.10. The maximum atomic E-state index is 12.6. The van der Waals surface area contributed by atoms with E-state index in [1.807, 2.05) is 0 Å². The SMILES string of the molecule is CC(C)(C)S(=O)(=O)C(C)(C)C(=O)Cc1cccc(C(F)(F)F)n1. The van der Waals surface area contributed by atoms with Crippen LogP contribution in [0.2, 0.25) is 0 Å². The number of hydrogen-bond acceptors (Lipinski definition) is 4. The van der Waals surface area contributed by atoms with Crippen LogP contribution in [0.15, 0.2) is 18.2 Å². The first-order valence-electron chi connectivity index (χ1n) is 6.91. The van der Waals surface area contributed by atoms with Crippen LogP contribution in [0.4, 0.5) is 13.2 Å². The molecular weight excluding hydrogens is 331 g/mol. The Balaban J connectivity index is 3.14. The predicted molar refractivity (Wildman–Crippen MR) is 80.7 cm³/mol. The lowest BCUT2D eigenvalue weighted by atomic mass is 10.0. The Kier molecular flexibility index (Phi) is 5.02. The van der Waals surface area contributed by atoms with Crippen LogP contribution in [0.1, 0.15) is 46.0 Å². The quantitative estimate of drug-likeness (QED) is 0.836. The van der Waals surface area contributed by atoms with E-state index < -0.39 is 43.4 Å². The Morgan fingerprint density at radius 3 is 2.04 bits per heavy atom. The molecule has 1 aromatic rings. The van der Waals surface area contributed by atoms with Gasteiger partial charge in [-0.15, -0.1) is 0 Å². The van der Waals surface area contributed by atoms with Gasteiger partial charge in [0.05, 0.1) is 11.2 Å². The number of aromatic nitrogens is 1. The Hall–Kier alpha value is -1.44. The third-order valence-electron chi connectivity index (χ3n) is 3.59. The largest absolute Gasteiger partial charge is 0.433 e. The number of pyridine rings is 1. The molecule has 0 atom stereocenters. The van der Waals surface area contributed by atoms with E-state index in [0.29, 0.717) is 0 Å². The standard InChI is InChI=1S/C15H20F3NO3S/c1-13(2,3)23(21,22)14(4,5)12(20)9-10-7-6-8-11(19-10)15(16,17)18/h6-8H,9H2,1-5H3. The van der Waals surface area contributed by atoms with E-state index in [4.69, 9.17) is 0 Å². The molecule has 1 heterocycles. The average Bonchev–Trinajstić information content (AvgIpc) is 2.36. The van der Waals surface area contributed by atoms with Gasteiger partial charge in [-0.2, -0.15) is 13.2 Å². The molecular formula is C15H20F3NO3S. The van der Waals surface area contributed by atoms with E-state index >= 15 is 0 Å². The molecule has 0 amide bonds. The normalized spacial score (nSPS) is 13.9. The highest BCUT2D eigenvalue weighted by Crippen LogP contribution is 2.31. The molecule has 0 spiro atoms. The fourth-order valence-corrected chi connectivity index (χ4v) is 3.93. The van der Waals surface area contributed by atoms with Crippen molar-refractivity contribution in [1.29, 1.82) is 0 Å². The minimum atomic E-state index is -4.62. The highest BCUT2D eigenvalue weighted by molar-refractivity contribution is 7.94. The molecule has 4 nitrogen and oxygen atoms in total. The van der Waals surface area contributed by atoms with Gasteiger partial charge < -0.3 is 0 Å². The minimum absolute atomic E-state index is 0.109. The van der Waals surface area contributed by atoms with E-state index in [2.05, 4.69) is 4.98 Å². The molecule has 23 heavy (non-hydrogen) atoms. The Labute approximate surface area is 134 Å². The molecule has 0 aliphatic carbocycles. The van der Waals surface area contributed by atoms with Crippen molar-refractivity contribution in [2.24, 2.45) is 0 Å². The van der Waals surface area contributed by atoms with Gasteiger partial charge in [-0.1, -0.05) is 6.07 Å². The molecule has 0 aliphatic heterocycles. The molecule has 1 aromatic heterocycles. The summed E-state index contributed by atoms with van der Waals surface area (Å²) in [6, 6.07) is 3.21. The van der Waals surface area contributed by atoms with Gasteiger partial charge in [-0.25, -0.2) is 13.4 Å². The van der Waals surface area contributed by atoms with E-state index in [1.54, 1.807) is 0 Å². The Morgan fingerprint density at radius 1 is 1.09 bits per heavy atom. The van der Waals surface area contributed by atoms with Crippen LogP contribution in [0.3, 0.4) is 0 Å². The number of Topliss-reactive ketones (excluding diaryl/α,β-unsaturated/α-hetero) is 1. The second-order valence-corrected chi connectivity index (χ2v) is 9.99. The number of nitrogens with zero attached hydrogens (tertiary/aromatic N) is 1. The summed E-state index contributed by atoms with van der Waals surface area (Å²) in [5.74, 6) is -0.695. The number of rotatable bonds is 4. The highest BCUT2D eigenvalue weighted by atomic mass is 32.2. The van der Waals surface area contributed by atoms with Crippen molar-refractivity contribution in [3.05, 3.63) is 29.6 Å². The Morgan fingerprint density at radius 2 is 1.61 bits per heavy atom. The summed E-state index contributed by atoms with van der Waals surface area (Å²) in [5.41, 5.74) is -1.22. The number of ketones is 1.